The first kappa shape index (κ1) is 27.7. The summed E-state index contributed by atoms with van der Waals surface area (Å²) >= 11 is 0. The molecule has 2 unspecified atom stereocenters. The lowest BCUT2D eigenvalue weighted by Crippen LogP contribution is -2.56. The van der Waals surface area contributed by atoms with Crippen LogP contribution in [0.5, 0.6) is 0 Å². The van der Waals surface area contributed by atoms with E-state index in [-0.39, 0.29) is 28.0 Å². The maximum atomic E-state index is 13.5. The van der Waals surface area contributed by atoms with Gasteiger partial charge in [0.1, 0.15) is 5.82 Å². The van der Waals surface area contributed by atoms with Gasteiger partial charge in [0.2, 0.25) is 0 Å². The maximum absolute atomic E-state index is 13.5. The largest absolute Gasteiger partial charge is 0.415 e. The highest BCUT2D eigenvalue weighted by atomic mass is 28.4. The van der Waals surface area contributed by atoms with Crippen LogP contribution in [0.25, 0.3) is 0 Å². The fourth-order valence-electron chi connectivity index (χ4n) is 3.32. The molecule has 7 heteroatoms. The van der Waals surface area contributed by atoms with Crippen molar-refractivity contribution < 1.29 is 18.3 Å². The third kappa shape index (κ3) is 7.74. The van der Waals surface area contributed by atoms with Gasteiger partial charge >= 0.3 is 0 Å². The summed E-state index contributed by atoms with van der Waals surface area (Å²) in [6, 6.07) is 7.15. The van der Waals surface area contributed by atoms with Crippen molar-refractivity contribution in [2.24, 2.45) is 0 Å². The number of rotatable bonds is 10. The molecule has 184 valence electrons. The van der Waals surface area contributed by atoms with E-state index in [1.165, 1.54) is 12.1 Å². The quantitative estimate of drug-likeness (QED) is 0.399. The van der Waals surface area contributed by atoms with Crippen LogP contribution in [0.2, 0.25) is 36.3 Å². The zero-order valence-corrected chi connectivity index (χ0v) is 24.0. The molecule has 1 aromatic carbocycles. The number of benzene rings is 1. The van der Waals surface area contributed by atoms with Crippen LogP contribution in [-0.4, -0.2) is 67.1 Å². The molecule has 2 rings (SSSR count). The molecule has 1 aromatic rings. The molecule has 2 atom stereocenters. The van der Waals surface area contributed by atoms with E-state index in [1.807, 2.05) is 12.1 Å². The summed E-state index contributed by atoms with van der Waals surface area (Å²) in [5, 5.41) is 0.432. The van der Waals surface area contributed by atoms with Crippen LogP contribution >= 0.6 is 0 Å². The van der Waals surface area contributed by atoms with Crippen molar-refractivity contribution in [3.63, 3.8) is 0 Å². The molecule has 0 radical (unpaired) electrons. The molecule has 0 aliphatic carbocycles. The molecule has 0 N–H and O–H groups in total. The van der Waals surface area contributed by atoms with Crippen molar-refractivity contribution in [3.8, 4) is 0 Å². The van der Waals surface area contributed by atoms with Crippen LogP contribution < -0.4 is 0 Å². The number of hydrogen-bond acceptors (Lipinski definition) is 4. The van der Waals surface area contributed by atoms with Gasteiger partial charge in [0, 0.05) is 21.9 Å². The molecule has 0 bridgehead atoms. The summed E-state index contributed by atoms with van der Waals surface area (Å²) in [6.45, 7) is 24.9. The van der Waals surface area contributed by atoms with Gasteiger partial charge in [-0.1, -0.05) is 59.8 Å². The molecule has 0 amide bonds. The highest BCUT2D eigenvalue weighted by Crippen LogP contribution is 2.37. The molecule has 1 fully saturated rings. The molecular weight excluding hydrogens is 437 g/mol. The Morgan fingerprint density at radius 3 is 2.12 bits per heavy atom. The fraction of sp³-hybridized carbons (Fsp3) is 0.760. The summed E-state index contributed by atoms with van der Waals surface area (Å²) in [5.41, 5.74) is 1.10. The number of hydrogen-bond donors (Lipinski definition) is 0. The van der Waals surface area contributed by atoms with E-state index in [9.17, 15) is 4.39 Å². The molecule has 0 aromatic heterocycles. The third-order valence-corrected chi connectivity index (χ3v) is 15.4. The lowest BCUT2D eigenvalue weighted by Gasteiger charge is -2.44. The van der Waals surface area contributed by atoms with E-state index in [4.69, 9.17) is 13.9 Å². The first-order chi connectivity index (χ1) is 14.7. The van der Waals surface area contributed by atoms with E-state index in [2.05, 4.69) is 65.7 Å². The minimum atomic E-state index is -1.86. The molecule has 1 aliphatic heterocycles. The second kappa shape index (κ2) is 11.2. The Morgan fingerprint density at radius 2 is 1.59 bits per heavy atom. The summed E-state index contributed by atoms with van der Waals surface area (Å²) in [6.07, 6.45) is 0. The predicted octanol–water partition coefficient (Wildman–Crippen LogP) is 5.70. The number of morpholine rings is 1. The van der Waals surface area contributed by atoms with Crippen LogP contribution in [-0.2, 0) is 20.4 Å². The van der Waals surface area contributed by atoms with Crippen LogP contribution in [0.4, 0.5) is 4.39 Å². The van der Waals surface area contributed by atoms with Gasteiger partial charge in [-0.25, -0.2) is 4.39 Å². The average molecular weight is 484 g/mol. The molecule has 1 aliphatic rings. The smallest absolute Gasteiger partial charge is 0.192 e. The van der Waals surface area contributed by atoms with Crippen molar-refractivity contribution >= 4 is 17.1 Å². The van der Waals surface area contributed by atoms with Gasteiger partial charge in [-0.2, -0.15) is 0 Å². The van der Waals surface area contributed by atoms with Crippen LogP contribution in [0, 0.1) is 5.82 Å². The molecule has 0 saturated carbocycles. The van der Waals surface area contributed by atoms with Gasteiger partial charge in [-0.15, -0.1) is 0 Å². The van der Waals surface area contributed by atoms with E-state index in [1.54, 1.807) is 0 Å². The third-order valence-electron chi connectivity index (χ3n) is 7.63. The van der Waals surface area contributed by atoms with Gasteiger partial charge in [-0.05, 0) is 40.9 Å². The standard InChI is InChI=1S/C25H46FNO3Si2/c1-24(2,3)32(8,9)30-18-23-16-28-15-22(17-29-19-25(4,5)31(6)7)27(23)14-20-10-12-21(26)13-11-20/h10-13,22-23,31H,14-19H2,1-9H3. The lowest BCUT2D eigenvalue weighted by molar-refractivity contribution is -0.0921. The van der Waals surface area contributed by atoms with Crippen LogP contribution in [0.1, 0.15) is 40.2 Å². The summed E-state index contributed by atoms with van der Waals surface area (Å²) in [7, 11) is -2.67. The minimum absolute atomic E-state index is 0.156. The van der Waals surface area contributed by atoms with E-state index in [0.717, 1.165) is 18.7 Å². The summed E-state index contributed by atoms with van der Waals surface area (Å²) < 4.78 is 32.3. The average Bonchev–Trinajstić information content (AvgIpc) is 2.68. The first-order valence-electron chi connectivity index (χ1n) is 12.0. The van der Waals surface area contributed by atoms with E-state index >= 15 is 0 Å². The minimum Gasteiger partial charge on any atom is -0.415 e. The molecule has 4 nitrogen and oxygen atoms in total. The number of ether oxygens (including phenoxy) is 2. The Hall–Kier alpha value is -0.576. The Balaban J connectivity index is 2.13. The van der Waals surface area contributed by atoms with Crippen molar-refractivity contribution in [1.29, 1.82) is 0 Å². The highest BCUT2D eigenvalue weighted by Gasteiger charge is 2.39. The molecule has 1 heterocycles. The van der Waals surface area contributed by atoms with Gasteiger partial charge in [-0.3, -0.25) is 4.90 Å². The van der Waals surface area contributed by atoms with Crippen molar-refractivity contribution in [2.45, 2.75) is 89.5 Å². The summed E-state index contributed by atoms with van der Waals surface area (Å²) in [5.74, 6) is -0.200. The second-order valence-electron chi connectivity index (χ2n) is 11.9. The Morgan fingerprint density at radius 1 is 1.03 bits per heavy atom. The van der Waals surface area contributed by atoms with Gasteiger partial charge < -0.3 is 13.9 Å². The lowest BCUT2D eigenvalue weighted by atomic mass is 10.1. The second-order valence-corrected chi connectivity index (χ2v) is 20.6. The zero-order chi connectivity index (χ0) is 24.2. The van der Waals surface area contributed by atoms with Gasteiger partial charge in [0.15, 0.2) is 8.32 Å². The Bertz CT molecular complexity index is 704. The SMILES string of the molecule is C[SiH](C)C(C)(C)COCC1COCC(CO[Si](C)(C)C(C)(C)C)N1Cc1ccc(F)cc1. The van der Waals surface area contributed by atoms with Gasteiger partial charge in [0.25, 0.3) is 0 Å². The number of halogens is 1. The summed E-state index contributed by atoms with van der Waals surface area (Å²) in [4.78, 5) is 2.46. The normalized spacial score (nSPS) is 21.3. The monoisotopic (exact) mass is 483 g/mol. The number of nitrogens with zero attached hydrogens (tertiary/aromatic N) is 1. The molecule has 32 heavy (non-hydrogen) atoms. The van der Waals surface area contributed by atoms with Crippen LogP contribution in [0.3, 0.4) is 0 Å². The van der Waals surface area contributed by atoms with Crippen molar-refractivity contribution in [1.82, 2.24) is 4.90 Å². The molecule has 0 spiro atoms. The van der Waals surface area contributed by atoms with E-state index in [0.29, 0.717) is 26.4 Å². The van der Waals surface area contributed by atoms with E-state index < -0.39 is 17.1 Å². The Labute approximate surface area is 198 Å². The van der Waals surface area contributed by atoms with Gasteiger partial charge in [0.05, 0.1) is 38.5 Å². The van der Waals surface area contributed by atoms with Crippen molar-refractivity contribution in [2.75, 3.05) is 33.0 Å². The highest BCUT2D eigenvalue weighted by molar-refractivity contribution is 6.74. The first-order valence-corrected chi connectivity index (χ1v) is 17.8. The van der Waals surface area contributed by atoms with Crippen LogP contribution in [0.15, 0.2) is 24.3 Å². The topological polar surface area (TPSA) is 30.9 Å². The fourth-order valence-corrected chi connectivity index (χ4v) is 4.82. The predicted molar refractivity (Wildman–Crippen MR) is 137 cm³/mol. The Kier molecular flexibility index (Phi) is 9.71. The molecule has 1 saturated heterocycles. The molecular formula is C25H46FNO3Si2. The maximum Gasteiger partial charge on any atom is 0.192 e. The zero-order valence-electron chi connectivity index (χ0n) is 21.8. The van der Waals surface area contributed by atoms with Crippen molar-refractivity contribution in [3.05, 3.63) is 35.6 Å².